The van der Waals surface area contributed by atoms with E-state index in [1.165, 1.54) is 23.3 Å². The number of amides is 2. The molecule has 0 atom stereocenters. The van der Waals surface area contributed by atoms with Crippen molar-refractivity contribution < 1.29 is 4.79 Å². The molecule has 1 saturated carbocycles. The molecular weight excluding hydrogens is 308 g/mol. The maximum Gasteiger partial charge on any atom is 0.323 e. The molecule has 5 nitrogen and oxygen atoms in total. The van der Waals surface area contributed by atoms with E-state index in [1.807, 2.05) is 22.7 Å². The molecule has 2 aromatic heterocycles. The van der Waals surface area contributed by atoms with Crippen LogP contribution in [-0.4, -0.2) is 27.3 Å². The predicted molar refractivity (Wildman–Crippen MR) is 91.9 cm³/mol. The molecule has 23 heavy (non-hydrogen) atoms. The Morgan fingerprint density at radius 1 is 1.39 bits per heavy atom. The van der Waals surface area contributed by atoms with E-state index in [0.717, 1.165) is 37.2 Å². The van der Waals surface area contributed by atoms with Gasteiger partial charge in [-0.25, -0.2) is 9.48 Å². The van der Waals surface area contributed by atoms with Gasteiger partial charge in [-0.1, -0.05) is 12.8 Å². The summed E-state index contributed by atoms with van der Waals surface area (Å²) >= 11 is 1.79. The highest BCUT2D eigenvalue weighted by molar-refractivity contribution is 7.10. The van der Waals surface area contributed by atoms with Crippen LogP contribution in [0.4, 0.5) is 10.6 Å². The van der Waals surface area contributed by atoms with E-state index < -0.39 is 0 Å². The van der Waals surface area contributed by atoms with E-state index in [9.17, 15) is 4.79 Å². The first-order valence-corrected chi connectivity index (χ1v) is 9.25. The first-order chi connectivity index (χ1) is 11.2. The number of aromatic nitrogens is 2. The van der Waals surface area contributed by atoms with Gasteiger partial charge in [-0.15, -0.1) is 11.3 Å². The number of nitrogens with one attached hydrogen (secondary N) is 1. The van der Waals surface area contributed by atoms with Crippen LogP contribution in [0.1, 0.15) is 47.7 Å². The van der Waals surface area contributed by atoms with Crippen molar-refractivity contribution in [2.24, 2.45) is 0 Å². The van der Waals surface area contributed by atoms with Crippen molar-refractivity contribution in [2.75, 3.05) is 11.9 Å². The lowest BCUT2D eigenvalue weighted by Gasteiger charge is -2.27. The highest BCUT2D eigenvalue weighted by atomic mass is 32.1. The van der Waals surface area contributed by atoms with E-state index in [-0.39, 0.29) is 6.03 Å². The Labute approximate surface area is 140 Å². The number of fused-ring (bicyclic) bond motifs is 1. The number of carbonyl (C=O) groups excluding carboxylic acids is 1. The van der Waals surface area contributed by atoms with E-state index in [2.05, 4.69) is 21.9 Å². The normalized spacial score (nSPS) is 18.2. The number of aryl methyl sites for hydroxylation is 1. The van der Waals surface area contributed by atoms with Crippen LogP contribution in [0.15, 0.2) is 17.6 Å². The summed E-state index contributed by atoms with van der Waals surface area (Å²) in [4.78, 5) is 16.0. The van der Waals surface area contributed by atoms with Crippen molar-refractivity contribution >= 4 is 23.2 Å². The van der Waals surface area contributed by atoms with Gasteiger partial charge in [0.15, 0.2) is 0 Å². The van der Waals surface area contributed by atoms with E-state index >= 15 is 0 Å². The number of rotatable bonds is 2. The molecule has 0 bridgehead atoms. The summed E-state index contributed by atoms with van der Waals surface area (Å²) in [5.74, 6) is 0.873. The summed E-state index contributed by atoms with van der Waals surface area (Å²) in [5, 5.41) is 9.74. The van der Waals surface area contributed by atoms with Gasteiger partial charge in [0, 0.05) is 23.5 Å². The lowest BCUT2D eigenvalue weighted by atomic mass is 10.1. The molecule has 1 N–H and O–H groups in total. The Kier molecular flexibility index (Phi) is 3.85. The molecule has 2 aromatic rings. The average Bonchev–Trinajstić information content (AvgIpc) is 3.28. The Morgan fingerprint density at radius 2 is 2.22 bits per heavy atom. The second-order valence-corrected chi connectivity index (χ2v) is 7.53. The van der Waals surface area contributed by atoms with Gasteiger partial charge < -0.3 is 4.90 Å². The van der Waals surface area contributed by atoms with Gasteiger partial charge in [-0.2, -0.15) is 5.10 Å². The lowest BCUT2D eigenvalue weighted by Crippen LogP contribution is -2.39. The van der Waals surface area contributed by atoms with Crippen molar-refractivity contribution in [1.29, 1.82) is 0 Å². The molecule has 0 aromatic carbocycles. The molecule has 2 amide bonds. The smallest absolute Gasteiger partial charge is 0.320 e. The molecule has 2 aliphatic rings. The third-order valence-electron chi connectivity index (χ3n) is 4.97. The van der Waals surface area contributed by atoms with Crippen LogP contribution in [-0.2, 0) is 13.0 Å². The standard InChI is InChI=1S/C17H22N4OS/c1-12-10-18-21(14-4-2-3-5-14)16(12)19-17(22)20-8-6-15-13(11-20)7-9-23-15/h7,9-10,14H,2-6,8,11H2,1H3,(H,19,22). The van der Waals surface area contributed by atoms with Gasteiger partial charge >= 0.3 is 6.03 Å². The van der Waals surface area contributed by atoms with Crippen LogP contribution in [0.5, 0.6) is 0 Å². The first kappa shape index (κ1) is 14.8. The molecule has 0 radical (unpaired) electrons. The number of nitrogens with zero attached hydrogens (tertiary/aromatic N) is 3. The maximum atomic E-state index is 12.7. The van der Waals surface area contributed by atoms with Gasteiger partial charge in [0.1, 0.15) is 5.82 Å². The number of anilines is 1. The summed E-state index contributed by atoms with van der Waals surface area (Å²) in [5.41, 5.74) is 2.33. The van der Waals surface area contributed by atoms with Crippen LogP contribution in [0.25, 0.3) is 0 Å². The minimum absolute atomic E-state index is 0.00954. The van der Waals surface area contributed by atoms with Crippen molar-refractivity contribution in [1.82, 2.24) is 14.7 Å². The van der Waals surface area contributed by atoms with Crippen LogP contribution < -0.4 is 5.32 Å². The monoisotopic (exact) mass is 330 g/mol. The predicted octanol–water partition coefficient (Wildman–Crippen LogP) is 3.96. The molecule has 0 saturated heterocycles. The maximum absolute atomic E-state index is 12.7. The van der Waals surface area contributed by atoms with Crippen molar-refractivity contribution in [3.05, 3.63) is 33.6 Å². The van der Waals surface area contributed by atoms with E-state index in [0.29, 0.717) is 12.6 Å². The molecule has 1 fully saturated rings. The topological polar surface area (TPSA) is 50.2 Å². The summed E-state index contributed by atoms with van der Waals surface area (Å²) < 4.78 is 2.03. The Bertz CT molecular complexity index is 714. The van der Waals surface area contributed by atoms with Crippen molar-refractivity contribution in [3.63, 3.8) is 0 Å². The van der Waals surface area contributed by atoms with Gasteiger partial charge in [0.25, 0.3) is 0 Å². The lowest BCUT2D eigenvalue weighted by molar-refractivity contribution is 0.206. The summed E-state index contributed by atoms with van der Waals surface area (Å²) in [6.45, 7) is 3.51. The highest BCUT2D eigenvalue weighted by Crippen LogP contribution is 2.33. The molecular formula is C17H22N4OS. The molecule has 1 aliphatic carbocycles. The number of hydrogen-bond acceptors (Lipinski definition) is 3. The molecule has 1 aliphatic heterocycles. The molecule has 3 heterocycles. The van der Waals surface area contributed by atoms with Crippen molar-refractivity contribution in [3.8, 4) is 0 Å². The van der Waals surface area contributed by atoms with Crippen LogP contribution in [0.2, 0.25) is 0 Å². The minimum atomic E-state index is -0.00954. The molecule has 6 heteroatoms. The molecule has 122 valence electrons. The Balaban J connectivity index is 1.50. The summed E-state index contributed by atoms with van der Waals surface area (Å²) in [7, 11) is 0. The third-order valence-corrected chi connectivity index (χ3v) is 5.99. The Morgan fingerprint density at radius 3 is 3.04 bits per heavy atom. The zero-order valence-electron chi connectivity index (χ0n) is 13.4. The number of urea groups is 1. The largest absolute Gasteiger partial charge is 0.323 e. The quantitative estimate of drug-likeness (QED) is 0.906. The molecule has 4 rings (SSSR count). The van der Waals surface area contributed by atoms with Crippen LogP contribution in [0, 0.1) is 6.92 Å². The SMILES string of the molecule is Cc1cnn(C2CCCC2)c1NC(=O)N1CCc2sccc2C1. The summed E-state index contributed by atoms with van der Waals surface area (Å²) in [6, 6.07) is 2.56. The zero-order valence-corrected chi connectivity index (χ0v) is 14.2. The fourth-order valence-corrected chi connectivity index (χ4v) is 4.52. The van der Waals surface area contributed by atoms with Gasteiger partial charge in [-0.3, -0.25) is 5.32 Å². The Hall–Kier alpha value is -1.82. The number of carbonyl (C=O) groups is 1. The molecule has 0 unspecified atom stereocenters. The number of thiophene rings is 1. The van der Waals surface area contributed by atoms with Gasteiger partial charge in [-0.05, 0) is 43.2 Å². The van der Waals surface area contributed by atoms with Crippen LogP contribution in [0.3, 0.4) is 0 Å². The summed E-state index contributed by atoms with van der Waals surface area (Å²) in [6.07, 6.45) is 7.65. The van der Waals surface area contributed by atoms with E-state index in [1.54, 1.807) is 11.3 Å². The van der Waals surface area contributed by atoms with Crippen molar-refractivity contribution in [2.45, 2.75) is 51.6 Å². The third kappa shape index (κ3) is 2.76. The van der Waals surface area contributed by atoms with Gasteiger partial charge in [0.2, 0.25) is 0 Å². The minimum Gasteiger partial charge on any atom is -0.320 e. The molecule has 0 spiro atoms. The second-order valence-electron chi connectivity index (χ2n) is 6.53. The average molecular weight is 330 g/mol. The fourth-order valence-electron chi connectivity index (χ4n) is 3.63. The van der Waals surface area contributed by atoms with Crippen LogP contribution >= 0.6 is 11.3 Å². The highest BCUT2D eigenvalue weighted by Gasteiger charge is 2.25. The second kappa shape index (κ2) is 6.00. The zero-order chi connectivity index (χ0) is 15.8. The number of hydrogen-bond donors (Lipinski definition) is 1. The fraction of sp³-hybridized carbons (Fsp3) is 0.529. The van der Waals surface area contributed by atoms with Gasteiger partial charge in [0.05, 0.1) is 12.2 Å². The van der Waals surface area contributed by atoms with E-state index in [4.69, 9.17) is 0 Å². The first-order valence-electron chi connectivity index (χ1n) is 8.37.